The number of rotatable bonds is 4. The minimum absolute atomic E-state index is 0.389. The molecule has 64 valence electrons. The number of hydrogen-bond acceptors (Lipinski definition) is 2. The minimum atomic E-state index is 0.389. The van der Waals surface area contributed by atoms with Crippen LogP contribution in [0.4, 0.5) is 0 Å². The number of nitrogens with two attached hydrogens (primary N) is 1. The fraction of sp³-hybridized carbons (Fsp3) is 0.667. The Hall–Kier alpha value is -0.790. The maximum atomic E-state index is 5.29. The maximum Gasteiger partial charge on any atom is 0.115 e. The third-order valence-corrected chi connectivity index (χ3v) is 2.02. The van der Waals surface area contributed by atoms with Crippen molar-refractivity contribution >= 4 is 6.21 Å². The van der Waals surface area contributed by atoms with Crippen molar-refractivity contribution in [2.75, 3.05) is 0 Å². The zero-order valence-corrected chi connectivity index (χ0v) is 7.67. The maximum absolute atomic E-state index is 5.29. The summed E-state index contributed by atoms with van der Waals surface area (Å²) in [6.07, 6.45) is 3.04. The standard InChI is InChI=1S/C9H18N2/c1-5-7(2)8(3)6-11-9(4)10/h6-8H,4-5,10H2,1-3H3/t7-,8?/m0/s1. The topological polar surface area (TPSA) is 38.4 Å². The SMILES string of the molecule is C=C(N)N=CC(C)[C@@H](C)CC. The fourth-order valence-electron chi connectivity index (χ4n) is 0.732. The molecule has 0 heterocycles. The average molecular weight is 154 g/mol. The third-order valence-electron chi connectivity index (χ3n) is 2.02. The van der Waals surface area contributed by atoms with Crippen LogP contribution in [0.3, 0.4) is 0 Å². The molecule has 0 fully saturated rings. The lowest BCUT2D eigenvalue weighted by molar-refractivity contribution is 0.475. The molecule has 0 aromatic heterocycles. The molecule has 2 atom stereocenters. The molecule has 2 heteroatoms. The Labute approximate surface area is 69.2 Å². The van der Waals surface area contributed by atoms with E-state index in [1.165, 1.54) is 6.42 Å². The zero-order chi connectivity index (χ0) is 8.85. The van der Waals surface area contributed by atoms with E-state index in [0.717, 1.165) is 0 Å². The average Bonchev–Trinajstić information content (AvgIpc) is 1.98. The monoisotopic (exact) mass is 154 g/mol. The van der Waals surface area contributed by atoms with Gasteiger partial charge in [-0.25, -0.2) is 4.99 Å². The van der Waals surface area contributed by atoms with E-state index in [1.54, 1.807) is 0 Å². The molecule has 1 unspecified atom stereocenters. The van der Waals surface area contributed by atoms with Crippen LogP contribution >= 0.6 is 0 Å². The van der Waals surface area contributed by atoms with E-state index in [4.69, 9.17) is 5.73 Å². The molecule has 0 aromatic carbocycles. The summed E-state index contributed by atoms with van der Waals surface area (Å²) in [5, 5.41) is 0. The molecule has 0 aliphatic heterocycles. The number of nitrogens with zero attached hydrogens (tertiary/aromatic N) is 1. The molecule has 0 aliphatic rings. The van der Waals surface area contributed by atoms with Gasteiger partial charge in [0.15, 0.2) is 0 Å². The summed E-state index contributed by atoms with van der Waals surface area (Å²) < 4.78 is 0. The van der Waals surface area contributed by atoms with E-state index >= 15 is 0 Å². The summed E-state index contributed by atoms with van der Waals surface area (Å²) >= 11 is 0. The highest BCUT2D eigenvalue weighted by atomic mass is 14.9. The summed E-state index contributed by atoms with van der Waals surface area (Å²) in [4.78, 5) is 3.95. The Morgan fingerprint density at radius 3 is 2.55 bits per heavy atom. The van der Waals surface area contributed by atoms with Crippen LogP contribution < -0.4 is 5.73 Å². The van der Waals surface area contributed by atoms with Crippen LogP contribution in [0.15, 0.2) is 17.4 Å². The third kappa shape index (κ3) is 4.59. The minimum Gasteiger partial charge on any atom is -0.384 e. The molecule has 0 saturated heterocycles. The van der Waals surface area contributed by atoms with E-state index < -0.39 is 0 Å². The highest BCUT2D eigenvalue weighted by molar-refractivity contribution is 5.61. The fourth-order valence-corrected chi connectivity index (χ4v) is 0.732. The van der Waals surface area contributed by atoms with Gasteiger partial charge in [-0.3, -0.25) is 0 Å². The van der Waals surface area contributed by atoms with Crippen LogP contribution in [0.25, 0.3) is 0 Å². The lowest BCUT2D eigenvalue weighted by atomic mass is 9.95. The first-order valence-electron chi connectivity index (χ1n) is 4.06. The van der Waals surface area contributed by atoms with Crippen LogP contribution in [0, 0.1) is 11.8 Å². The molecule has 0 saturated carbocycles. The van der Waals surface area contributed by atoms with Crippen LogP contribution in [0.5, 0.6) is 0 Å². The van der Waals surface area contributed by atoms with Gasteiger partial charge < -0.3 is 5.73 Å². The van der Waals surface area contributed by atoms with E-state index in [-0.39, 0.29) is 0 Å². The lowest BCUT2D eigenvalue weighted by Gasteiger charge is -2.12. The van der Waals surface area contributed by atoms with Gasteiger partial charge in [0.2, 0.25) is 0 Å². The van der Waals surface area contributed by atoms with E-state index in [1.807, 2.05) is 6.21 Å². The first-order chi connectivity index (χ1) is 5.07. The zero-order valence-electron chi connectivity index (χ0n) is 7.67. The molecular weight excluding hydrogens is 136 g/mol. The molecule has 2 nitrogen and oxygen atoms in total. The molecule has 11 heavy (non-hydrogen) atoms. The molecule has 0 radical (unpaired) electrons. The first kappa shape index (κ1) is 10.2. The summed E-state index contributed by atoms with van der Waals surface area (Å²) in [6, 6.07) is 0. The summed E-state index contributed by atoms with van der Waals surface area (Å²) in [6.45, 7) is 10.0. The summed E-state index contributed by atoms with van der Waals surface area (Å²) in [5.41, 5.74) is 5.29. The Morgan fingerprint density at radius 1 is 1.64 bits per heavy atom. The molecule has 0 bridgehead atoms. The highest BCUT2D eigenvalue weighted by Gasteiger charge is 2.06. The van der Waals surface area contributed by atoms with Crippen molar-refractivity contribution in [3.8, 4) is 0 Å². The molecule has 2 N–H and O–H groups in total. The van der Waals surface area contributed by atoms with Gasteiger partial charge in [0, 0.05) is 6.21 Å². The van der Waals surface area contributed by atoms with Crippen molar-refractivity contribution in [1.29, 1.82) is 0 Å². The molecular formula is C9H18N2. The van der Waals surface area contributed by atoms with Crippen molar-refractivity contribution in [2.24, 2.45) is 22.6 Å². The largest absolute Gasteiger partial charge is 0.384 e. The molecule has 0 spiro atoms. The predicted molar refractivity (Wildman–Crippen MR) is 50.4 cm³/mol. The quantitative estimate of drug-likeness (QED) is 0.619. The van der Waals surface area contributed by atoms with Gasteiger partial charge in [-0.1, -0.05) is 33.8 Å². The van der Waals surface area contributed by atoms with Crippen molar-refractivity contribution in [3.05, 3.63) is 12.4 Å². The smallest absolute Gasteiger partial charge is 0.115 e. The van der Waals surface area contributed by atoms with Gasteiger partial charge >= 0.3 is 0 Å². The van der Waals surface area contributed by atoms with Crippen molar-refractivity contribution in [2.45, 2.75) is 27.2 Å². The number of hydrogen-bond donors (Lipinski definition) is 1. The van der Waals surface area contributed by atoms with Gasteiger partial charge in [-0.05, 0) is 11.8 Å². The second-order valence-corrected chi connectivity index (χ2v) is 3.01. The van der Waals surface area contributed by atoms with Crippen LogP contribution in [0.2, 0.25) is 0 Å². The van der Waals surface area contributed by atoms with Crippen LogP contribution in [-0.4, -0.2) is 6.21 Å². The molecule has 0 amide bonds. The van der Waals surface area contributed by atoms with Gasteiger partial charge in [0.25, 0.3) is 0 Å². The van der Waals surface area contributed by atoms with E-state index in [0.29, 0.717) is 17.7 Å². The second kappa shape index (κ2) is 4.94. The van der Waals surface area contributed by atoms with Gasteiger partial charge in [-0.2, -0.15) is 0 Å². The van der Waals surface area contributed by atoms with Crippen LogP contribution in [0.1, 0.15) is 27.2 Å². The lowest BCUT2D eigenvalue weighted by Crippen LogP contribution is -2.08. The summed E-state index contributed by atoms with van der Waals surface area (Å²) in [5.74, 6) is 1.54. The van der Waals surface area contributed by atoms with Gasteiger partial charge in [-0.15, -0.1) is 0 Å². The Bertz CT molecular complexity index is 150. The Balaban J connectivity index is 3.85. The van der Waals surface area contributed by atoms with E-state index in [9.17, 15) is 0 Å². The summed E-state index contributed by atoms with van der Waals surface area (Å²) in [7, 11) is 0. The van der Waals surface area contributed by atoms with Crippen molar-refractivity contribution < 1.29 is 0 Å². The Kier molecular flexibility index (Phi) is 4.59. The predicted octanol–water partition coefficient (Wildman–Crippen LogP) is 2.17. The molecule has 0 aliphatic carbocycles. The van der Waals surface area contributed by atoms with Crippen LogP contribution in [-0.2, 0) is 0 Å². The Morgan fingerprint density at radius 2 is 2.18 bits per heavy atom. The highest BCUT2D eigenvalue weighted by Crippen LogP contribution is 2.11. The van der Waals surface area contributed by atoms with Crippen molar-refractivity contribution in [3.63, 3.8) is 0 Å². The van der Waals surface area contributed by atoms with E-state index in [2.05, 4.69) is 32.3 Å². The second-order valence-electron chi connectivity index (χ2n) is 3.01. The van der Waals surface area contributed by atoms with Gasteiger partial charge in [0.1, 0.15) is 5.82 Å². The molecule has 0 aromatic rings. The first-order valence-corrected chi connectivity index (χ1v) is 4.06. The van der Waals surface area contributed by atoms with Gasteiger partial charge in [0.05, 0.1) is 0 Å². The molecule has 0 rings (SSSR count). The number of aliphatic imine (C=N–C) groups is 1. The van der Waals surface area contributed by atoms with Crippen molar-refractivity contribution in [1.82, 2.24) is 0 Å². The normalized spacial score (nSPS) is 16.6.